The van der Waals surface area contributed by atoms with Crippen molar-refractivity contribution < 1.29 is 22.7 Å². The summed E-state index contributed by atoms with van der Waals surface area (Å²) in [4.78, 5) is 12.6. The van der Waals surface area contributed by atoms with Gasteiger partial charge in [0.2, 0.25) is 15.9 Å². The molecule has 1 heterocycles. The number of rotatable bonds is 8. The zero-order chi connectivity index (χ0) is 22.3. The fourth-order valence-corrected chi connectivity index (χ4v) is 4.37. The molecule has 0 atom stereocenters. The van der Waals surface area contributed by atoms with Crippen LogP contribution < -0.4 is 14.8 Å². The van der Waals surface area contributed by atoms with Crippen molar-refractivity contribution in [2.45, 2.75) is 23.2 Å². The number of carbonyl (C=O) groups is 1. The van der Waals surface area contributed by atoms with E-state index in [1.807, 2.05) is 24.3 Å². The van der Waals surface area contributed by atoms with Gasteiger partial charge < -0.3 is 14.8 Å². The highest BCUT2D eigenvalue weighted by Gasteiger charge is 2.34. The van der Waals surface area contributed by atoms with E-state index in [1.54, 1.807) is 25.3 Å². The number of sulfonamides is 1. The molecule has 2 aromatic carbocycles. The molecule has 7 nitrogen and oxygen atoms in total. The summed E-state index contributed by atoms with van der Waals surface area (Å²) in [7, 11) is -0.473. The highest BCUT2D eigenvalue weighted by Crippen LogP contribution is 2.35. The van der Waals surface area contributed by atoms with Crippen LogP contribution >= 0.6 is 0 Å². The lowest BCUT2D eigenvalue weighted by Gasteiger charge is -2.38. The predicted molar refractivity (Wildman–Crippen MR) is 119 cm³/mol. The van der Waals surface area contributed by atoms with Gasteiger partial charge in [-0.25, -0.2) is 13.1 Å². The van der Waals surface area contributed by atoms with Crippen LogP contribution in [0.4, 0.5) is 0 Å². The van der Waals surface area contributed by atoms with Gasteiger partial charge in [0, 0.05) is 31.2 Å². The Labute approximate surface area is 183 Å². The Kier molecular flexibility index (Phi) is 7.48. The molecule has 1 amide bonds. The van der Waals surface area contributed by atoms with E-state index in [9.17, 15) is 13.2 Å². The lowest BCUT2D eigenvalue weighted by molar-refractivity contribution is -0.116. The van der Waals surface area contributed by atoms with E-state index in [0.29, 0.717) is 19.8 Å². The summed E-state index contributed by atoms with van der Waals surface area (Å²) in [6.45, 7) is 1.81. The van der Waals surface area contributed by atoms with Crippen LogP contribution in [0.1, 0.15) is 24.0 Å². The van der Waals surface area contributed by atoms with Gasteiger partial charge in [-0.1, -0.05) is 24.3 Å². The topological polar surface area (TPSA) is 93.7 Å². The molecule has 0 unspecified atom stereocenters. The monoisotopic (exact) mass is 444 g/mol. The molecule has 1 saturated heterocycles. The van der Waals surface area contributed by atoms with Crippen LogP contribution in [-0.2, 0) is 25.0 Å². The third-order valence-electron chi connectivity index (χ3n) is 5.64. The molecule has 1 aliphatic heterocycles. The summed E-state index contributed by atoms with van der Waals surface area (Å²) in [5.41, 5.74) is 1.71. The average Bonchev–Trinajstić information content (AvgIpc) is 2.82. The van der Waals surface area contributed by atoms with E-state index < -0.39 is 10.0 Å². The predicted octanol–water partition coefficient (Wildman–Crippen LogP) is 2.48. The maximum Gasteiger partial charge on any atom is 0.244 e. The van der Waals surface area contributed by atoms with Gasteiger partial charge in [0.05, 0.1) is 12.0 Å². The van der Waals surface area contributed by atoms with Gasteiger partial charge in [-0.3, -0.25) is 4.79 Å². The number of carbonyl (C=O) groups excluding carboxylic acids is 1. The van der Waals surface area contributed by atoms with E-state index in [4.69, 9.17) is 9.47 Å². The van der Waals surface area contributed by atoms with Gasteiger partial charge in [-0.2, -0.15) is 0 Å². The standard InChI is InChI=1S/C23H28N2O5S/c1-24-31(27,28)21-10-3-18(4-11-21)5-12-22(26)25-17-23(13-15-30-16-14-23)19-6-8-20(29-2)9-7-19/h3-12,24H,13-17H2,1-2H3,(H,25,26). The first-order chi connectivity index (χ1) is 14.9. The molecule has 31 heavy (non-hydrogen) atoms. The number of nitrogens with one attached hydrogen (secondary N) is 2. The molecule has 0 bridgehead atoms. The molecule has 0 saturated carbocycles. The van der Waals surface area contributed by atoms with Crippen LogP contribution in [-0.4, -0.2) is 48.2 Å². The molecule has 0 radical (unpaired) electrons. The SMILES string of the molecule is CNS(=O)(=O)c1ccc(C=CC(=O)NCC2(c3ccc(OC)cc3)CCOCC2)cc1. The van der Waals surface area contributed by atoms with Gasteiger partial charge in [0.15, 0.2) is 0 Å². The number of hydrogen-bond donors (Lipinski definition) is 2. The minimum Gasteiger partial charge on any atom is -0.497 e. The number of methoxy groups -OCH3 is 1. The van der Waals surface area contributed by atoms with Crippen molar-refractivity contribution in [2.75, 3.05) is 33.9 Å². The second-order valence-corrected chi connectivity index (χ2v) is 9.34. The molecule has 166 valence electrons. The van der Waals surface area contributed by atoms with E-state index >= 15 is 0 Å². The van der Waals surface area contributed by atoms with E-state index in [2.05, 4.69) is 10.0 Å². The van der Waals surface area contributed by atoms with Gasteiger partial charge >= 0.3 is 0 Å². The van der Waals surface area contributed by atoms with Crippen LogP contribution in [0.5, 0.6) is 5.75 Å². The summed E-state index contributed by atoms with van der Waals surface area (Å²) in [5, 5.41) is 3.02. The summed E-state index contributed by atoms with van der Waals surface area (Å²) >= 11 is 0. The molecule has 2 aromatic rings. The maximum absolute atomic E-state index is 12.5. The van der Waals surface area contributed by atoms with Gasteiger partial charge in [-0.15, -0.1) is 0 Å². The third-order valence-corrected chi connectivity index (χ3v) is 7.07. The van der Waals surface area contributed by atoms with Crippen LogP contribution in [0, 0.1) is 0 Å². The van der Waals surface area contributed by atoms with Crippen molar-refractivity contribution in [3.05, 3.63) is 65.7 Å². The van der Waals surface area contributed by atoms with Gasteiger partial charge in [-0.05, 0) is 61.4 Å². The van der Waals surface area contributed by atoms with Crippen LogP contribution in [0.3, 0.4) is 0 Å². The van der Waals surface area contributed by atoms with Crippen LogP contribution in [0.2, 0.25) is 0 Å². The van der Waals surface area contributed by atoms with E-state index in [0.717, 1.165) is 29.7 Å². The molecule has 0 aromatic heterocycles. The highest BCUT2D eigenvalue weighted by molar-refractivity contribution is 7.89. The van der Waals surface area contributed by atoms with Crippen molar-refractivity contribution in [3.8, 4) is 5.75 Å². The van der Waals surface area contributed by atoms with E-state index in [-0.39, 0.29) is 16.2 Å². The Morgan fingerprint density at radius 1 is 1.10 bits per heavy atom. The Hall–Kier alpha value is -2.68. The molecule has 0 spiro atoms. The highest BCUT2D eigenvalue weighted by atomic mass is 32.2. The Morgan fingerprint density at radius 2 is 1.74 bits per heavy atom. The number of amides is 1. The Morgan fingerprint density at radius 3 is 2.32 bits per heavy atom. The van der Waals surface area contributed by atoms with Gasteiger partial charge in [0.25, 0.3) is 0 Å². The first-order valence-electron chi connectivity index (χ1n) is 10.1. The fraction of sp³-hybridized carbons (Fsp3) is 0.348. The number of ether oxygens (including phenoxy) is 2. The molecule has 2 N–H and O–H groups in total. The van der Waals surface area contributed by atoms with Crippen LogP contribution in [0.25, 0.3) is 6.08 Å². The largest absolute Gasteiger partial charge is 0.497 e. The van der Waals surface area contributed by atoms with Crippen molar-refractivity contribution in [1.82, 2.24) is 10.0 Å². The smallest absolute Gasteiger partial charge is 0.244 e. The molecule has 1 aliphatic rings. The third kappa shape index (κ3) is 5.72. The Balaban J connectivity index is 1.65. The molecular weight excluding hydrogens is 416 g/mol. The summed E-state index contributed by atoms with van der Waals surface area (Å²) in [6.07, 6.45) is 4.77. The maximum atomic E-state index is 12.5. The molecular formula is C23H28N2O5S. The lowest BCUT2D eigenvalue weighted by Crippen LogP contribution is -2.44. The summed E-state index contributed by atoms with van der Waals surface area (Å²) in [5.74, 6) is 0.595. The molecule has 1 fully saturated rings. The van der Waals surface area contributed by atoms with Crippen molar-refractivity contribution in [3.63, 3.8) is 0 Å². The zero-order valence-electron chi connectivity index (χ0n) is 17.8. The fourth-order valence-electron chi connectivity index (χ4n) is 3.64. The van der Waals surface area contributed by atoms with Crippen molar-refractivity contribution >= 4 is 22.0 Å². The second kappa shape index (κ2) is 10.1. The average molecular weight is 445 g/mol. The van der Waals surface area contributed by atoms with E-state index in [1.165, 1.54) is 25.3 Å². The number of hydrogen-bond acceptors (Lipinski definition) is 5. The Bertz CT molecular complexity index is 1010. The molecule has 8 heteroatoms. The molecule has 3 rings (SSSR count). The normalized spacial score (nSPS) is 16.2. The van der Waals surface area contributed by atoms with Crippen molar-refractivity contribution in [2.24, 2.45) is 0 Å². The first kappa shape index (κ1) is 23.0. The molecule has 0 aliphatic carbocycles. The summed E-state index contributed by atoms with van der Waals surface area (Å²) in [6, 6.07) is 14.3. The van der Waals surface area contributed by atoms with Gasteiger partial charge in [0.1, 0.15) is 5.75 Å². The minimum atomic E-state index is -3.48. The second-order valence-electron chi connectivity index (χ2n) is 7.45. The zero-order valence-corrected chi connectivity index (χ0v) is 18.6. The minimum absolute atomic E-state index is 0.178. The first-order valence-corrected chi connectivity index (χ1v) is 11.6. The van der Waals surface area contributed by atoms with Crippen LogP contribution in [0.15, 0.2) is 59.5 Å². The lowest BCUT2D eigenvalue weighted by atomic mass is 9.74. The summed E-state index contributed by atoms with van der Waals surface area (Å²) < 4.78 is 36.6. The van der Waals surface area contributed by atoms with Crippen molar-refractivity contribution in [1.29, 1.82) is 0 Å². The number of benzene rings is 2. The quantitative estimate of drug-likeness (QED) is 0.610.